The molecule has 0 radical (unpaired) electrons. The zero-order valence-electron chi connectivity index (χ0n) is 25.6. The Morgan fingerprint density at radius 2 is 0.830 bits per heavy atom. The Labute approximate surface area is 272 Å². The van der Waals surface area contributed by atoms with Crippen LogP contribution in [-0.2, 0) is 44.9 Å². The third-order valence-electron chi connectivity index (χ3n) is 7.55. The normalized spacial score (nSPS) is 13.4. The monoisotopic (exact) mass is 638 g/mol. The van der Waals surface area contributed by atoms with E-state index in [9.17, 15) is 34.5 Å². The van der Waals surface area contributed by atoms with Crippen molar-refractivity contribution in [3.8, 4) is 11.5 Å². The molecule has 3 amide bonds. The van der Waals surface area contributed by atoms with Gasteiger partial charge in [-0.2, -0.15) is 0 Å². The molecular formula is C36H38N4O7. The number of hydrogen-bond donors (Lipinski definition) is 7. The van der Waals surface area contributed by atoms with Crippen molar-refractivity contribution in [2.45, 2.75) is 49.9 Å². The van der Waals surface area contributed by atoms with E-state index >= 15 is 0 Å². The van der Waals surface area contributed by atoms with Gasteiger partial charge < -0.3 is 37.0 Å². The molecule has 0 saturated heterocycles. The van der Waals surface area contributed by atoms with Crippen molar-refractivity contribution in [1.29, 1.82) is 0 Å². The third-order valence-corrected chi connectivity index (χ3v) is 7.55. The molecule has 0 aliphatic carbocycles. The summed E-state index contributed by atoms with van der Waals surface area (Å²) in [5.74, 6) is -3.21. The maximum atomic E-state index is 13.8. The maximum Gasteiger partial charge on any atom is 0.326 e. The first-order chi connectivity index (χ1) is 22.6. The number of aliphatic carboxylic acids is 1. The highest BCUT2D eigenvalue weighted by Gasteiger charge is 2.31. The van der Waals surface area contributed by atoms with Gasteiger partial charge in [0.25, 0.3) is 0 Å². The summed E-state index contributed by atoms with van der Waals surface area (Å²) in [6.45, 7) is 0. The van der Waals surface area contributed by atoms with Gasteiger partial charge in [0.1, 0.15) is 29.6 Å². The molecule has 4 atom stereocenters. The van der Waals surface area contributed by atoms with Crippen LogP contribution in [-0.4, -0.2) is 63.2 Å². The van der Waals surface area contributed by atoms with Crippen LogP contribution in [0.4, 0.5) is 0 Å². The number of phenols is 2. The molecule has 11 nitrogen and oxygen atoms in total. The summed E-state index contributed by atoms with van der Waals surface area (Å²) in [5, 5.41) is 37.2. The lowest BCUT2D eigenvalue weighted by atomic mass is 10.0. The Hall–Kier alpha value is -5.68. The Bertz CT molecular complexity index is 1630. The number of phenolic OH excluding ortho intramolecular Hbond substituents is 2. The van der Waals surface area contributed by atoms with E-state index in [4.69, 9.17) is 5.73 Å². The van der Waals surface area contributed by atoms with Gasteiger partial charge >= 0.3 is 5.97 Å². The van der Waals surface area contributed by atoms with Crippen molar-refractivity contribution in [1.82, 2.24) is 16.0 Å². The van der Waals surface area contributed by atoms with Crippen molar-refractivity contribution in [3.63, 3.8) is 0 Å². The van der Waals surface area contributed by atoms with Gasteiger partial charge in [0.05, 0.1) is 6.04 Å². The summed E-state index contributed by atoms with van der Waals surface area (Å²) in [6.07, 6.45) is 0.231. The molecule has 0 spiro atoms. The molecule has 244 valence electrons. The van der Waals surface area contributed by atoms with Gasteiger partial charge in [0.15, 0.2) is 0 Å². The average Bonchev–Trinajstić information content (AvgIpc) is 3.06. The fourth-order valence-electron chi connectivity index (χ4n) is 4.99. The number of nitrogens with one attached hydrogen (secondary N) is 3. The van der Waals surface area contributed by atoms with E-state index in [0.717, 1.165) is 5.56 Å². The second-order valence-electron chi connectivity index (χ2n) is 11.2. The highest BCUT2D eigenvalue weighted by Crippen LogP contribution is 2.14. The number of carbonyl (C=O) groups excluding carboxylic acids is 3. The second kappa shape index (κ2) is 16.6. The van der Waals surface area contributed by atoms with Gasteiger partial charge in [0.2, 0.25) is 17.7 Å². The van der Waals surface area contributed by atoms with E-state index < -0.39 is 47.9 Å². The molecule has 4 unspecified atom stereocenters. The van der Waals surface area contributed by atoms with E-state index in [1.54, 1.807) is 54.6 Å². The molecule has 47 heavy (non-hydrogen) atoms. The number of hydrogen-bond acceptors (Lipinski definition) is 7. The SMILES string of the molecule is NC(Cc1ccccc1)C(=O)NC(Cc1ccc(O)cc1)C(=O)NC(Cc1ccccc1)C(=O)NC(Cc1ccc(O)cc1)C(=O)O. The quantitative estimate of drug-likeness (QED) is 0.103. The Balaban J connectivity index is 1.55. The summed E-state index contributed by atoms with van der Waals surface area (Å²) >= 11 is 0. The number of carboxylic acid groups (broad SMARTS) is 1. The van der Waals surface area contributed by atoms with E-state index in [1.807, 2.05) is 30.3 Å². The molecule has 0 bridgehead atoms. The molecule has 0 fully saturated rings. The number of benzene rings is 4. The average molecular weight is 639 g/mol. The Kier molecular flexibility index (Phi) is 12.1. The van der Waals surface area contributed by atoms with E-state index in [0.29, 0.717) is 16.7 Å². The van der Waals surface area contributed by atoms with Crippen molar-refractivity contribution in [3.05, 3.63) is 131 Å². The van der Waals surface area contributed by atoms with Gasteiger partial charge in [0, 0.05) is 19.3 Å². The van der Waals surface area contributed by atoms with Crippen LogP contribution in [0.2, 0.25) is 0 Å². The minimum atomic E-state index is -1.33. The summed E-state index contributed by atoms with van der Waals surface area (Å²) in [5.41, 5.74) is 8.96. The number of aromatic hydroxyl groups is 2. The standard InChI is InChI=1S/C36H38N4O7/c37-29(19-23-7-3-1-4-8-23)33(43)38-30(21-25-11-15-27(41)16-12-25)34(44)39-31(20-24-9-5-2-6-10-24)35(45)40-32(36(46)47)22-26-13-17-28(42)18-14-26/h1-18,29-32,41-42H,19-22,37H2,(H,38,43)(H,39,44)(H,40,45)(H,46,47). The van der Waals surface area contributed by atoms with Gasteiger partial charge in [-0.25, -0.2) is 4.79 Å². The van der Waals surface area contributed by atoms with E-state index in [1.165, 1.54) is 24.3 Å². The van der Waals surface area contributed by atoms with Crippen LogP contribution in [0.3, 0.4) is 0 Å². The number of amides is 3. The topological polar surface area (TPSA) is 191 Å². The largest absolute Gasteiger partial charge is 0.508 e. The van der Waals surface area contributed by atoms with Crippen LogP contribution in [0.15, 0.2) is 109 Å². The number of carboxylic acids is 1. The lowest BCUT2D eigenvalue weighted by Crippen LogP contribution is -2.58. The maximum absolute atomic E-state index is 13.8. The molecule has 4 aromatic rings. The minimum Gasteiger partial charge on any atom is -0.508 e. The zero-order valence-corrected chi connectivity index (χ0v) is 25.6. The third kappa shape index (κ3) is 10.7. The molecule has 8 N–H and O–H groups in total. The molecular weight excluding hydrogens is 600 g/mol. The highest BCUT2D eigenvalue weighted by atomic mass is 16.4. The number of carbonyl (C=O) groups is 4. The van der Waals surface area contributed by atoms with Crippen LogP contribution in [0, 0.1) is 0 Å². The number of nitrogens with two attached hydrogens (primary N) is 1. The summed E-state index contributed by atoms with van der Waals surface area (Å²) in [6, 6.07) is 25.5. The highest BCUT2D eigenvalue weighted by molar-refractivity contribution is 5.94. The molecule has 11 heteroatoms. The van der Waals surface area contributed by atoms with Crippen LogP contribution in [0.25, 0.3) is 0 Å². The molecule has 0 saturated carbocycles. The Morgan fingerprint density at radius 1 is 0.489 bits per heavy atom. The molecule has 0 aromatic heterocycles. The molecule has 0 heterocycles. The molecule has 4 rings (SSSR count). The van der Waals surface area contributed by atoms with Gasteiger partial charge in [-0.1, -0.05) is 84.9 Å². The lowest BCUT2D eigenvalue weighted by molar-refractivity contribution is -0.142. The summed E-state index contributed by atoms with van der Waals surface area (Å²) < 4.78 is 0. The van der Waals surface area contributed by atoms with Crippen molar-refractivity contribution in [2.24, 2.45) is 5.73 Å². The molecule has 0 aliphatic heterocycles. The van der Waals surface area contributed by atoms with Crippen molar-refractivity contribution >= 4 is 23.7 Å². The van der Waals surface area contributed by atoms with Crippen molar-refractivity contribution < 1.29 is 34.5 Å². The fraction of sp³-hybridized carbons (Fsp3) is 0.222. The first kappa shape index (κ1) is 34.2. The van der Waals surface area contributed by atoms with E-state index in [-0.39, 0.29) is 37.2 Å². The van der Waals surface area contributed by atoms with Crippen LogP contribution in [0.5, 0.6) is 11.5 Å². The van der Waals surface area contributed by atoms with Crippen LogP contribution in [0.1, 0.15) is 22.3 Å². The van der Waals surface area contributed by atoms with Gasteiger partial charge in [-0.3, -0.25) is 14.4 Å². The van der Waals surface area contributed by atoms with Crippen LogP contribution >= 0.6 is 0 Å². The predicted molar refractivity (Wildman–Crippen MR) is 175 cm³/mol. The van der Waals surface area contributed by atoms with Crippen molar-refractivity contribution in [2.75, 3.05) is 0 Å². The smallest absolute Gasteiger partial charge is 0.326 e. The summed E-state index contributed by atoms with van der Waals surface area (Å²) in [7, 11) is 0. The summed E-state index contributed by atoms with van der Waals surface area (Å²) in [4.78, 5) is 52.8. The first-order valence-corrected chi connectivity index (χ1v) is 15.1. The zero-order chi connectivity index (χ0) is 33.8. The first-order valence-electron chi connectivity index (χ1n) is 15.1. The second-order valence-corrected chi connectivity index (χ2v) is 11.2. The Morgan fingerprint density at radius 3 is 1.26 bits per heavy atom. The van der Waals surface area contributed by atoms with Crippen LogP contribution < -0.4 is 21.7 Å². The van der Waals surface area contributed by atoms with Gasteiger partial charge in [-0.05, 0) is 52.9 Å². The van der Waals surface area contributed by atoms with E-state index in [2.05, 4.69) is 16.0 Å². The molecule has 0 aliphatic rings. The minimum absolute atomic E-state index is 0.0188. The fourth-order valence-corrected chi connectivity index (χ4v) is 4.99. The number of rotatable bonds is 15. The molecule has 4 aromatic carbocycles. The predicted octanol–water partition coefficient (Wildman–Crippen LogP) is 2.23. The van der Waals surface area contributed by atoms with Gasteiger partial charge in [-0.15, -0.1) is 0 Å². The lowest BCUT2D eigenvalue weighted by Gasteiger charge is -2.25.